The minimum absolute atomic E-state index is 0.139. The van der Waals surface area contributed by atoms with E-state index in [4.69, 9.17) is 5.73 Å². The highest BCUT2D eigenvalue weighted by atomic mass is 32.2. The molecular formula is C15H21FN2OS. The fourth-order valence-electron chi connectivity index (χ4n) is 2.41. The Kier molecular flexibility index (Phi) is 5.43. The Morgan fingerprint density at radius 2 is 2.30 bits per heavy atom. The molecule has 110 valence electrons. The third kappa shape index (κ3) is 3.96. The van der Waals surface area contributed by atoms with Gasteiger partial charge in [-0.05, 0) is 31.4 Å². The van der Waals surface area contributed by atoms with Gasteiger partial charge in [0.2, 0.25) is 5.91 Å². The second-order valence-electron chi connectivity index (χ2n) is 5.28. The van der Waals surface area contributed by atoms with Crippen LogP contribution in [-0.2, 0) is 4.79 Å². The molecule has 1 aromatic rings. The summed E-state index contributed by atoms with van der Waals surface area (Å²) in [6, 6.07) is 6.80. The predicted octanol–water partition coefficient (Wildman–Crippen LogP) is 2.50. The van der Waals surface area contributed by atoms with Gasteiger partial charge in [0.25, 0.3) is 0 Å². The molecule has 0 saturated carbocycles. The van der Waals surface area contributed by atoms with Crippen LogP contribution in [0.15, 0.2) is 29.2 Å². The first-order valence-corrected chi connectivity index (χ1v) is 7.97. The number of halogens is 1. The van der Waals surface area contributed by atoms with E-state index >= 15 is 0 Å². The maximum Gasteiger partial charge on any atom is 0.223 e. The molecule has 2 rings (SSSR count). The zero-order chi connectivity index (χ0) is 14.5. The van der Waals surface area contributed by atoms with E-state index in [1.165, 1.54) is 17.8 Å². The normalized spacial score (nSPS) is 20.1. The van der Waals surface area contributed by atoms with Crippen molar-refractivity contribution >= 4 is 17.7 Å². The van der Waals surface area contributed by atoms with Crippen LogP contribution in [0.5, 0.6) is 0 Å². The molecule has 1 amide bonds. The van der Waals surface area contributed by atoms with E-state index in [0.29, 0.717) is 23.0 Å². The number of benzene rings is 1. The number of carbonyl (C=O) groups excluding carboxylic acids is 1. The van der Waals surface area contributed by atoms with Crippen LogP contribution >= 0.6 is 11.8 Å². The van der Waals surface area contributed by atoms with Crippen molar-refractivity contribution in [1.29, 1.82) is 0 Å². The van der Waals surface area contributed by atoms with Gasteiger partial charge in [0.05, 0.1) is 0 Å². The number of nitrogens with two attached hydrogens (primary N) is 1. The number of hydrogen-bond acceptors (Lipinski definition) is 3. The van der Waals surface area contributed by atoms with Crippen molar-refractivity contribution in [2.24, 2.45) is 11.7 Å². The van der Waals surface area contributed by atoms with Crippen molar-refractivity contribution in [1.82, 2.24) is 4.90 Å². The van der Waals surface area contributed by atoms with Gasteiger partial charge in [0.15, 0.2) is 0 Å². The summed E-state index contributed by atoms with van der Waals surface area (Å²) < 4.78 is 13.4. The quantitative estimate of drug-likeness (QED) is 0.849. The largest absolute Gasteiger partial charge is 0.342 e. The van der Waals surface area contributed by atoms with E-state index < -0.39 is 0 Å². The van der Waals surface area contributed by atoms with Crippen LogP contribution in [0, 0.1) is 11.7 Å². The Labute approximate surface area is 123 Å². The van der Waals surface area contributed by atoms with Crippen LogP contribution in [0.3, 0.4) is 0 Å². The van der Waals surface area contributed by atoms with E-state index in [-0.39, 0.29) is 17.8 Å². The summed E-state index contributed by atoms with van der Waals surface area (Å²) in [7, 11) is 0. The minimum atomic E-state index is -0.219. The molecule has 2 N–H and O–H groups in total. The average Bonchev–Trinajstić information content (AvgIpc) is 2.91. The molecule has 0 aromatic heterocycles. The maximum absolute atomic E-state index is 13.4. The molecule has 2 unspecified atom stereocenters. The second-order valence-corrected chi connectivity index (χ2v) is 6.41. The smallest absolute Gasteiger partial charge is 0.223 e. The lowest BCUT2D eigenvalue weighted by molar-refractivity contribution is -0.129. The van der Waals surface area contributed by atoms with Crippen molar-refractivity contribution in [3.05, 3.63) is 30.1 Å². The lowest BCUT2D eigenvalue weighted by Crippen LogP contribution is -2.33. The van der Waals surface area contributed by atoms with Crippen LogP contribution in [0.1, 0.15) is 19.8 Å². The van der Waals surface area contributed by atoms with Crippen LogP contribution in [0.25, 0.3) is 0 Å². The van der Waals surface area contributed by atoms with Crippen molar-refractivity contribution in [3.8, 4) is 0 Å². The van der Waals surface area contributed by atoms with Gasteiger partial charge in [-0.15, -0.1) is 11.8 Å². The Bertz CT molecular complexity index is 467. The highest BCUT2D eigenvalue weighted by Gasteiger charge is 2.27. The molecule has 1 fully saturated rings. The summed E-state index contributed by atoms with van der Waals surface area (Å²) in [6.45, 7) is 3.56. The van der Waals surface area contributed by atoms with Gasteiger partial charge in [-0.1, -0.05) is 12.1 Å². The second kappa shape index (κ2) is 7.09. The first-order chi connectivity index (χ1) is 9.58. The Morgan fingerprint density at radius 1 is 1.55 bits per heavy atom. The van der Waals surface area contributed by atoms with Gasteiger partial charge in [0, 0.05) is 36.2 Å². The number of rotatable bonds is 5. The molecule has 1 saturated heterocycles. The zero-order valence-electron chi connectivity index (χ0n) is 11.7. The number of carbonyl (C=O) groups is 1. The van der Waals surface area contributed by atoms with E-state index in [2.05, 4.69) is 0 Å². The Balaban J connectivity index is 1.75. The molecule has 1 aliphatic rings. The summed E-state index contributed by atoms with van der Waals surface area (Å²) in [4.78, 5) is 14.6. The number of thioether (sulfide) groups is 1. The third-order valence-corrected chi connectivity index (χ3v) is 4.78. The van der Waals surface area contributed by atoms with Gasteiger partial charge >= 0.3 is 0 Å². The van der Waals surface area contributed by atoms with Gasteiger partial charge in [-0.3, -0.25) is 4.79 Å². The predicted molar refractivity (Wildman–Crippen MR) is 80.1 cm³/mol. The Hall–Kier alpha value is -1.07. The van der Waals surface area contributed by atoms with Crippen molar-refractivity contribution < 1.29 is 9.18 Å². The summed E-state index contributed by atoms with van der Waals surface area (Å²) in [5, 5.41) is 0. The summed E-state index contributed by atoms with van der Waals surface area (Å²) >= 11 is 1.39. The molecule has 1 aromatic carbocycles. The standard InChI is InChI=1S/C15H21FN2OS/c1-11(17)12-6-8-18(10-12)15(19)7-9-20-14-5-3-2-4-13(14)16/h2-5,11-12H,6-10,17H2,1H3. The highest BCUT2D eigenvalue weighted by molar-refractivity contribution is 7.99. The molecule has 20 heavy (non-hydrogen) atoms. The first kappa shape index (κ1) is 15.3. The first-order valence-electron chi connectivity index (χ1n) is 6.98. The van der Waals surface area contributed by atoms with E-state index in [0.717, 1.165) is 19.5 Å². The molecular weight excluding hydrogens is 275 g/mol. The molecule has 0 spiro atoms. The zero-order valence-corrected chi connectivity index (χ0v) is 12.5. The van der Waals surface area contributed by atoms with Gasteiger partial charge in [-0.2, -0.15) is 0 Å². The maximum atomic E-state index is 13.4. The molecule has 1 aliphatic heterocycles. The molecule has 0 bridgehead atoms. The average molecular weight is 296 g/mol. The van der Waals surface area contributed by atoms with Crippen molar-refractivity contribution in [2.45, 2.75) is 30.7 Å². The molecule has 0 radical (unpaired) electrons. The van der Waals surface area contributed by atoms with Gasteiger partial charge in [0.1, 0.15) is 5.82 Å². The molecule has 0 aliphatic carbocycles. The number of hydrogen-bond donors (Lipinski definition) is 1. The Morgan fingerprint density at radius 3 is 2.95 bits per heavy atom. The van der Waals surface area contributed by atoms with Crippen LogP contribution < -0.4 is 5.73 Å². The highest BCUT2D eigenvalue weighted by Crippen LogP contribution is 2.23. The van der Waals surface area contributed by atoms with Gasteiger partial charge in [-0.25, -0.2) is 4.39 Å². The SMILES string of the molecule is CC(N)C1CCN(C(=O)CCSc2ccccc2F)C1. The third-order valence-electron chi connectivity index (χ3n) is 3.73. The molecule has 3 nitrogen and oxygen atoms in total. The minimum Gasteiger partial charge on any atom is -0.342 e. The summed E-state index contributed by atoms with van der Waals surface area (Å²) in [6.07, 6.45) is 1.44. The molecule has 1 heterocycles. The number of likely N-dealkylation sites (tertiary alicyclic amines) is 1. The van der Waals surface area contributed by atoms with Crippen LogP contribution in [-0.4, -0.2) is 35.7 Å². The van der Waals surface area contributed by atoms with E-state index in [1.807, 2.05) is 11.8 Å². The van der Waals surface area contributed by atoms with Crippen LogP contribution in [0.4, 0.5) is 4.39 Å². The fraction of sp³-hybridized carbons (Fsp3) is 0.533. The topological polar surface area (TPSA) is 46.3 Å². The van der Waals surface area contributed by atoms with E-state index in [9.17, 15) is 9.18 Å². The summed E-state index contributed by atoms with van der Waals surface area (Å²) in [5.41, 5.74) is 5.87. The van der Waals surface area contributed by atoms with Gasteiger partial charge < -0.3 is 10.6 Å². The fourth-order valence-corrected chi connectivity index (χ4v) is 3.29. The number of nitrogens with zero attached hydrogens (tertiary/aromatic N) is 1. The number of amides is 1. The van der Waals surface area contributed by atoms with Crippen LogP contribution in [0.2, 0.25) is 0 Å². The lowest BCUT2D eigenvalue weighted by atomic mass is 10.0. The lowest BCUT2D eigenvalue weighted by Gasteiger charge is -2.18. The van der Waals surface area contributed by atoms with E-state index in [1.54, 1.807) is 18.2 Å². The summed E-state index contributed by atoms with van der Waals surface area (Å²) in [5.74, 6) is 0.956. The van der Waals surface area contributed by atoms with Crippen molar-refractivity contribution in [2.75, 3.05) is 18.8 Å². The molecule has 2 atom stereocenters. The molecule has 5 heteroatoms. The van der Waals surface area contributed by atoms with Crippen molar-refractivity contribution in [3.63, 3.8) is 0 Å². The monoisotopic (exact) mass is 296 g/mol.